The smallest absolute Gasteiger partial charge is 0.459 e. The second-order valence-electron chi connectivity index (χ2n) is 8.79. The molecule has 200 valence electrons. The fourth-order valence-corrected chi connectivity index (χ4v) is 5.49. The molecule has 3 heterocycles. The number of nitrogens with zero attached hydrogens (tertiary/aromatic N) is 3. The van der Waals surface area contributed by atoms with Crippen LogP contribution in [0.4, 0.5) is 0 Å². The van der Waals surface area contributed by atoms with Gasteiger partial charge in [0.2, 0.25) is 0 Å². The lowest BCUT2D eigenvalue weighted by atomic mass is 10.1. The first kappa shape index (κ1) is 27.5. The van der Waals surface area contributed by atoms with Gasteiger partial charge in [-0.15, -0.1) is 0 Å². The largest absolute Gasteiger partial charge is 0.462 e. The Morgan fingerprint density at radius 3 is 2.73 bits per heavy atom. The number of benzene rings is 1. The molecule has 1 saturated heterocycles. The number of aliphatic hydroxyl groups excluding tert-OH is 1. The minimum absolute atomic E-state index is 0.191. The van der Waals surface area contributed by atoms with Crippen molar-refractivity contribution in [1.82, 2.24) is 19.6 Å². The first-order valence-corrected chi connectivity index (χ1v) is 13.4. The summed E-state index contributed by atoms with van der Waals surface area (Å²) in [7, 11) is -4.19. The minimum Gasteiger partial charge on any atom is -0.462 e. The van der Waals surface area contributed by atoms with E-state index >= 15 is 0 Å². The molecule has 1 aliphatic rings. The van der Waals surface area contributed by atoms with Gasteiger partial charge in [0.05, 0.1) is 24.7 Å². The topological polar surface area (TPSA) is 154 Å². The van der Waals surface area contributed by atoms with Gasteiger partial charge in [-0.25, -0.2) is 14.5 Å². The van der Waals surface area contributed by atoms with Gasteiger partial charge in [0.1, 0.15) is 41.1 Å². The van der Waals surface area contributed by atoms with Crippen molar-refractivity contribution in [3.05, 3.63) is 54.1 Å². The molecular weight excluding hydrogens is 527 g/mol. The molecule has 12 nitrogen and oxygen atoms in total. The molecule has 3 N–H and O–H groups in total. The molecule has 1 aliphatic heterocycles. The van der Waals surface area contributed by atoms with Gasteiger partial charge in [-0.3, -0.25) is 13.9 Å². The van der Waals surface area contributed by atoms with Crippen molar-refractivity contribution < 1.29 is 38.1 Å². The Morgan fingerprint density at radius 1 is 1.30 bits per heavy atom. The average molecular weight is 555 g/mol. The van der Waals surface area contributed by atoms with Crippen LogP contribution in [0, 0.1) is 0 Å². The number of carbonyl (C=O) groups excluding carboxylic acids is 1. The maximum atomic E-state index is 13.6. The lowest BCUT2D eigenvalue weighted by Gasteiger charge is -2.29. The van der Waals surface area contributed by atoms with Crippen molar-refractivity contribution in [1.29, 1.82) is 0 Å². The minimum atomic E-state index is -4.19. The fourth-order valence-electron chi connectivity index (χ4n) is 3.79. The van der Waals surface area contributed by atoms with Crippen molar-refractivity contribution in [2.75, 3.05) is 13.2 Å². The Hall–Kier alpha value is -2.57. The van der Waals surface area contributed by atoms with Gasteiger partial charge >= 0.3 is 13.7 Å². The summed E-state index contributed by atoms with van der Waals surface area (Å²) in [6.07, 6.45) is -0.246. The third-order valence-corrected chi connectivity index (χ3v) is 7.57. The highest BCUT2D eigenvalue weighted by molar-refractivity contribution is 7.52. The summed E-state index contributed by atoms with van der Waals surface area (Å²) in [5, 5.41) is 25.5. The van der Waals surface area contributed by atoms with Crippen LogP contribution < -0.4 is 9.61 Å². The first-order valence-electron chi connectivity index (χ1n) is 11.5. The zero-order valence-corrected chi connectivity index (χ0v) is 22.0. The molecule has 0 radical (unpaired) electrons. The van der Waals surface area contributed by atoms with E-state index in [0.29, 0.717) is 11.0 Å². The van der Waals surface area contributed by atoms with E-state index in [4.69, 9.17) is 30.1 Å². The quantitative estimate of drug-likeness (QED) is 0.192. The van der Waals surface area contributed by atoms with Crippen LogP contribution in [0.3, 0.4) is 0 Å². The van der Waals surface area contributed by atoms with Crippen LogP contribution in [-0.2, 0) is 29.1 Å². The summed E-state index contributed by atoms with van der Waals surface area (Å²) in [5.74, 6) is -0.426. The molecule has 1 fully saturated rings. The number of carbonyl (C=O) groups is 1. The van der Waals surface area contributed by atoms with Crippen LogP contribution in [0.1, 0.15) is 20.8 Å². The standard InChI is InChI=1S/C23H28ClN4O8P/c1-14(2)35-22(30)15(3)27-37(32,36-16-7-5-4-6-8-16)34-11-18-19(29)23(31,12-33-18)28-10-9-17-20(24)25-13-26-21(17)28/h4-10,13-15,18-19,29,31H,11-12H2,1-3H3,(H,27,32)/t15-,18-,19-,23-,37?/m1/s1. The fraction of sp³-hybridized carbons (Fsp3) is 0.435. The Morgan fingerprint density at radius 2 is 2.03 bits per heavy atom. The van der Waals surface area contributed by atoms with Crippen molar-refractivity contribution >= 4 is 36.4 Å². The van der Waals surface area contributed by atoms with Gasteiger partial charge in [0.25, 0.3) is 0 Å². The lowest BCUT2D eigenvalue weighted by Crippen LogP contribution is -2.47. The molecule has 3 aromatic rings. The maximum absolute atomic E-state index is 13.6. The molecule has 0 amide bonds. The highest BCUT2D eigenvalue weighted by Gasteiger charge is 2.51. The number of halogens is 1. The molecule has 37 heavy (non-hydrogen) atoms. The number of rotatable bonds is 10. The normalized spacial score (nSPS) is 24.2. The summed E-state index contributed by atoms with van der Waals surface area (Å²) in [4.78, 5) is 20.4. The monoisotopic (exact) mass is 554 g/mol. The zero-order chi connectivity index (χ0) is 26.8. The van der Waals surface area contributed by atoms with Crippen molar-refractivity contribution in [2.45, 2.75) is 50.8 Å². The predicted molar refractivity (Wildman–Crippen MR) is 133 cm³/mol. The van der Waals surface area contributed by atoms with Crippen molar-refractivity contribution in [2.24, 2.45) is 0 Å². The Kier molecular flexibility index (Phi) is 8.20. The van der Waals surface area contributed by atoms with E-state index in [-0.39, 0.29) is 23.6 Å². The van der Waals surface area contributed by atoms with Crippen LogP contribution in [0.25, 0.3) is 11.0 Å². The third kappa shape index (κ3) is 5.96. The molecule has 0 spiro atoms. The van der Waals surface area contributed by atoms with Gasteiger partial charge in [0, 0.05) is 6.20 Å². The Bertz CT molecular complexity index is 1290. The Labute approximate surface area is 218 Å². The van der Waals surface area contributed by atoms with Gasteiger partial charge in [-0.1, -0.05) is 29.8 Å². The molecule has 0 saturated carbocycles. The van der Waals surface area contributed by atoms with Gasteiger partial charge < -0.3 is 24.2 Å². The predicted octanol–water partition coefficient (Wildman–Crippen LogP) is 2.62. The van der Waals surface area contributed by atoms with Gasteiger partial charge in [0.15, 0.2) is 5.72 Å². The van der Waals surface area contributed by atoms with E-state index in [1.807, 2.05) is 0 Å². The van der Waals surface area contributed by atoms with Crippen LogP contribution >= 0.6 is 19.3 Å². The van der Waals surface area contributed by atoms with Crippen LogP contribution in [0.5, 0.6) is 5.75 Å². The number of esters is 1. The second kappa shape index (κ2) is 11.0. The molecule has 5 atom stereocenters. The summed E-state index contributed by atoms with van der Waals surface area (Å²) in [6.45, 7) is 4.08. The van der Waals surface area contributed by atoms with E-state index in [9.17, 15) is 19.6 Å². The number of aromatic nitrogens is 3. The summed E-state index contributed by atoms with van der Waals surface area (Å²) in [5.41, 5.74) is -1.62. The number of fused-ring (bicyclic) bond motifs is 1. The summed E-state index contributed by atoms with van der Waals surface area (Å²) >= 11 is 6.10. The molecule has 2 aromatic heterocycles. The Balaban J connectivity index is 1.51. The highest BCUT2D eigenvalue weighted by Crippen LogP contribution is 2.46. The highest BCUT2D eigenvalue weighted by atomic mass is 35.5. The van der Waals surface area contributed by atoms with E-state index in [1.54, 1.807) is 50.2 Å². The van der Waals surface area contributed by atoms with Crippen molar-refractivity contribution in [3.8, 4) is 5.75 Å². The molecule has 0 bridgehead atoms. The molecule has 14 heteroatoms. The molecule has 0 aliphatic carbocycles. The maximum Gasteiger partial charge on any atom is 0.459 e. The average Bonchev–Trinajstić information content (AvgIpc) is 3.41. The van der Waals surface area contributed by atoms with Crippen molar-refractivity contribution in [3.63, 3.8) is 0 Å². The number of ether oxygens (including phenoxy) is 2. The van der Waals surface area contributed by atoms with Crippen LogP contribution in [0.15, 0.2) is 48.9 Å². The summed E-state index contributed by atoms with van der Waals surface area (Å²) in [6, 6.07) is 8.81. The SMILES string of the molecule is CC(C)OC(=O)[C@@H](C)NP(=O)(OC[C@H]1OC[C@](O)(n2ccc3c(Cl)ncnc32)[C@@H]1O)Oc1ccccc1. The molecule has 4 rings (SSSR count). The zero-order valence-electron chi connectivity index (χ0n) is 20.4. The number of nitrogens with one attached hydrogen (secondary N) is 1. The van der Waals surface area contributed by atoms with Crippen LogP contribution in [-0.4, -0.2) is 68.3 Å². The van der Waals surface area contributed by atoms with E-state index < -0.39 is 44.3 Å². The first-order chi connectivity index (χ1) is 17.5. The van der Waals surface area contributed by atoms with E-state index in [2.05, 4.69) is 15.1 Å². The second-order valence-corrected chi connectivity index (χ2v) is 10.8. The summed E-state index contributed by atoms with van der Waals surface area (Å²) < 4.78 is 37.0. The molecule has 1 aromatic carbocycles. The van der Waals surface area contributed by atoms with E-state index in [0.717, 1.165) is 0 Å². The molecule has 1 unspecified atom stereocenters. The third-order valence-electron chi connectivity index (χ3n) is 5.62. The number of para-hydroxylation sites is 1. The molecular formula is C23H28ClN4O8P. The van der Waals surface area contributed by atoms with Gasteiger partial charge in [-0.2, -0.15) is 5.09 Å². The van der Waals surface area contributed by atoms with Gasteiger partial charge in [-0.05, 0) is 39.0 Å². The number of hydrogen-bond acceptors (Lipinski definition) is 10. The lowest BCUT2D eigenvalue weighted by molar-refractivity contribution is -0.149. The van der Waals surface area contributed by atoms with E-state index in [1.165, 1.54) is 24.0 Å². The number of aliphatic hydroxyl groups is 2. The number of hydrogen-bond donors (Lipinski definition) is 3. The van der Waals surface area contributed by atoms with Crippen LogP contribution in [0.2, 0.25) is 5.15 Å².